The molecule has 2 heterocycles. The molecule has 216 valence electrons. The van der Waals surface area contributed by atoms with Gasteiger partial charge in [0, 0.05) is 18.2 Å². The van der Waals surface area contributed by atoms with Crippen LogP contribution in [-0.4, -0.2) is 41.0 Å². The van der Waals surface area contributed by atoms with E-state index < -0.39 is 0 Å². The van der Waals surface area contributed by atoms with Crippen molar-refractivity contribution in [3.63, 3.8) is 0 Å². The number of nitrogens with zero attached hydrogens (tertiary/aromatic N) is 1. The van der Waals surface area contributed by atoms with Crippen LogP contribution >= 0.6 is 0 Å². The second-order valence-corrected chi connectivity index (χ2v) is 14.9. The molecule has 5 heteroatoms. The molecule has 40 heavy (non-hydrogen) atoms. The molecular formula is C35H48N2O3. The molecule has 1 N–H and O–H groups in total. The predicted molar refractivity (Wildman–Crippen MR) is 157 cm³/mol. The van der Waals surface area contributed by atoms with E-state index in [0.29, 0.717) is 28.7 Å². The lowest BCUT2D eigenvalue weighted by atomic mass is 9.52. The van der Waals surface area contributed by atoms with Gasteiger partial charge in [-0.15, -0.1) is 5.06 Å². The molecule has 3 saturated carbocycles. The minimum atomic E-state index is -0.261. The average Bonchev–Trinajstić information content (AvgIpc) is 3.39. The third kappa shape index (κ3) is 4.16. The number of benzene rings is 1. The molecule has 10 atom stereocenters. The Balaban J connectivity index is 1.13. The number of carbonyl (C=O) groups is 1. The summed E-state index contributed by atoms with van der Waals surface area (Å²) in [6, 6.07) is 9.50. The van der Waals surface area contributed by atoms with Crippen molar-refractivity contribution in [1.82, 2.24) is 5.06 Å². The van der Waals surface area contributed by atoms with Gasteiger partial charge in [0.1, 0.15) is 0 Å². The number of carbonyl (C=O) groups excluding carboxylic acids is 1. The summed E-state index contributed by atoms with van der Waals surface area (Å²) < 4.78 is 7.17. The molecule has 1 spiro atoms. The molecule has 0 bridgehead atoms. The molecule has 0 aromatic heterocycles. The van der Waals surface area contributed by atoms with E-state index in [2.05, 4.69) is 27.7 Å². The highest BCUT2D eigenvalue weighted by molar-refractivity contribution is 5.89. The van der Waals surface area contributed by atoms with E-state index in [9.17, 15) is 4.79 Å². The highest BCUT2D eigenvalue weighted by atomic mass is 16.7. The standard InChI is InChI=1S/C35H48N2O3/c1-21-16-31-32(37(20-21)40-33(38)24-8-6-5-7-9-24)23(3)35(39-31)15-13-27-28-11-10-25-17-26(36)12-14-34(25,4)30(28)18-29(27)22(2)19-35/h5-9,21,23,25,27-28,30-32,36H,10-20H2,1-4H3/t21-,23+,25+,27-,28-,30-,31+,32-,34-,35-/m0/s1. The number of piperidine rings is 1. The Morgan fingerprint density at radius 3 is 2.70 bits per heavy atom. The second-order valence-electron chi connectivity index (χ2n) is 14.9. The number of hydrogen-bond acceptors (Lipinski definition) is 5. The number of fused-ring (bicyclic) bond motifs is 6. The lowest BCUT2D eigenvalue weighted by Crippen LogP contribution is -2.52. The van der Waals surface area contributed by atoms with Crippen molar-refractivity contribution in [2.24, 2.45) is 40.9 Å². The molecule has 0 unspecified atom stereocenters. The Hall–Kier alpha value is -1.98. The molecule has 1 aromatic rings. The van der Waals surface area contributed by atoms with E-state index in [1.165, 1.54) is 32.1 Å². The van der Waals surface area contributed by atoms with Crippen LogP contribution in [0.2, 0.25) is 0 Å². The highest BCUT2D eigenvalue weighted by Crippen LogP contribution is 2.65. The predicted octanol–water partition coefficient (Wildman–Crippen LogP) is 7.62. The number of ether oxygens (including phenoxy) is 1. The molecule has 5 nitrogen and oxygen atoms in total. The van der Waals surface area contributed by atoms with Crippen LogP contribution in [0.4, 0.5) is 0 Å². The summed E-state index contributed by atoms with van der Waals surface area (Å²) in [5.74, 6) is 3.48. The van der Waals surface area contributed by atoms with Gasteiger partial charge in [0.05, 0.1) is 23.3 Å². The molecule has 7 rings (SSSR count). The summed E-state index contributed by atoms with van der Waals surface area (Å²) in [5, 5.41) is 10.3. The normalized spacial score (nSPS) is 45.0. The van der Waals surface area contributed by atoms with Gasteiger partial charge in [-0.2, -0.15) is 0 Å². The number of hydroxylamine groups is 2. The second kappa shape index (κ2) is 9.80. The Bertz CT molecular complexity index is 1210. The summed E-state index contributed by atoms with van der Waals surface area (Å²) in [7, 11) is 0. The third-order valence-electron chi connectivity index (χ3n) is 12.8. The van der Waals surface area contributed by atoms with E-state index in [1.807, 2.05) is 35.4 Å². The van der Waals surface area contributed by atoms with Crippen LogP contribution in [0.5, 0.6) is 0 Å². The minimum Gasteiger partial charge on any atom is -0.369 e. The first-order chi connectivity index (χ1) is 19.2. The minimum absolute atomic E-state index is 0.109. The van der Waals surface area contributed by atoms with Crippen LogP contribution in [0.15, 0.2) is 41.5 Å². The zero-order chi connectivity index (χ0) is 27.8. The van der Waals surface area contributed by atoms with Gasteiger partial charge in [0.25, 0.3) is 0 Å². The smallest absolute Gasteiger partial charge is 0.357 e. The fourth-order valence-electron chi connectivity index (χ4n) is 10.7. The van der Waals surface area contributed by atoms with E-state index in [1.54, 1.807) is 11.1 Å². The maximum Gasteiger partial charge on any atom is 0.357 e. The number of rotatable bonds is 2. The summed E-state index contributed by atoms with van der Waals surface area (Å²) in [6.07, 6.45) is 11.7. The van der Waals surface area contributed by atoms with E-state index in [-0.39, 0.29) is 23.7 Å². The number of allylic oxidation sites excluding steroid dienone is 1. The van der Waals surface area contributed by atoms with E-state index in [4.69, 9.17) is 15.0 Å². The molecule has 0 radical (unpaired) electrons. The fourth-order valence-corrected chi connectivity index (χ4v) is 10.7. The Morgan fingerprint density at radius 1 is 1.10 bits per heavy atom. The lowest BCUT2D eigenvalue weighted by molar-refractivity contribution is -0.182. The van der Waals surface area contributed by atoms with Crippen LogP contribution in [0, 0.1) is 46.3 Å². The number of hydrogen-bond donors (Lipinski definition) is 1. The zero-order valence-electron chi connectivity index (χ0n) is 25.0. The molecular weight excluding hydrogens is 496 g/mol. The quantitative estimate of drug-likeness (QED) is 0.389. The van der Waals surface area contributed by atoms with Crippen LogP contribution in [-0.2, 0) is 9.57 Å². The van der Waals surface area contributed by atoms with Gasteiger partial charge in [0.2, 0.25) is 0 Å². The molecule has 0 amide bonds. The topological polar surface area (TPSA) is 62.6 Å². The van der Waals surface area contributed by atoms with Gasteiger partial charge in [-0.25, -0.2) is 4.79 Å². The maximum absolute atomic E-state index is 13.1. The van der Waals surface area contributed by atoms with Gasteiger partial charge in [-0.05, 0) is 118 Å². The first kappa shape index (κ1) is 26.9. The first-order valence-corrected chi connectivity index (χ1v) is 16.1. The van der Waals surface area contributed by atoms with Crippen molar-refractivity contribution in [3.8, 4) is 0 Å². The Labute approximate surface area is 240 Å². The van der Waals surface area contributed by atoms with Crippen molar-refractivity contribution in [2.45, 2.75) is 110 Å². The molecule has 6 aliphatic rings. The largest absolute Gasteiger partial charge is 0.369 e. The van der Waals surface area contributed by atoms with Crippen LogP contribution in [0.25, 0.3) is 0 Å². The fraction of sp³-hybridized carbons (Fsp3) is 0.714. The van der Waals surface area contributed by atoms with E-state index >= 15 is 0 Å². The van der Waals surface area contributed by atoms with Gasteiger partial charge >= 0.3 is 5.97 Å². The van der Waals surface area contributed by atoms with Crippen LogP contribution in [0.3, 0.4) is 0 Å². The summed E-state index contributed by atoms with van der Waals surface area (Å²) in [4.78, 5) is 19.2. The zero-order valence-corrected chi connectivity index (χ0v) is 25.0. The molecule has 5 fully saturated rings. The summed E-state index contributed by atoms with van der Waals surface area (Å²) >= 11 is 0. The van der Waals surface area contributed by atoms with Crippen molar-refractivity contribution in [2.75, 3.05) is 6.54 Å². The average molecular weight is 545 g/mol. The van der Waals surface area contributed by atoms with Crippen LogP contribution < -0.4 is 0 Å². The summed E-state index contributed by atoms with van der Waals surface area (Å²) in [5.41, 5.74) is 5.20. The molecule has 1 aromatic carbocycles. The molecule has 2 saturated heterocycles. The number of nitrogens with one attached hydrogen (secondary N) is 1. The van der Waals surface area contributed by atoms with E-state index in [0.717, 1.165) is 62.1 Å². The first-order valence-electron chi connectivity index (χ1n) is 16.1. The third-order valence-corrected chi connectivity index (χ3v) is 12.8. The van der Waals surface area contributed by atoms with Gasteiger partial charge in [-0.1, -0.05) is 50.1 Å². The maximum atomic E-state index is 13.1. The lowest BCUT2D eigenvalue weighted by Gasteiger charge is -2.52. The van der Waals surface area contributed by atoms with Crippen molar-refractivity contribution in [1.29, 1.82) is 5.41 Å². The molecule has 4 aliphatic carbocycles. The SMILES string of the molecule is CC1=C2C[C@H]3[C@@H](CC[C@@H]4CC(=N)CC[C@@]43C)[C@@H]2CC[C@@]2(C1)O[C@@H]1C[C@H](C)CN(OC(=O)c3ccccc3)[C@H]1[C@H]2C. The van der Waals surface area contributed by atoms with Crippen molar-refractivity contribution < 1.29 is 14.4 Å². The van der Waals surface area contributed by atoms with Crippen molar-refractivity contribution in [3.05, 3.63) is 47.0 Å². The Kier molecular flexibility index (Phi) is 6.59. The van der Waals surface area contributed by atoms with Crippen molar-refractivity contribution >= 4 is 11.7 Å². The summed E-state index contributed by atoms with van der Waals surface area (Å²) in [6.45, 7) is 10.4. The van der Waals surface area contributed by atoms with Crippen LogP contribution in [0.1, 0.15) is 102 Å². The van der Waals surface area contributed by atoms with Gasteiger partial charge < -0.3 is 15.0 Å². The monoisotopic (exact) mass is 544 g/mol. The Morgan fingerprint density at radius 2 is 1.90 bits per heavy atom. The molecule has 2 aliphatic heterocycles. The van der Waals surface area contributed by atoms with Gasteiger partial charge in [0.15, 0.2) is 0 Å². The highest BCUT2D eigenvalue weighted by Gasteiger charge is 2.60. The van der Waals surface area contributed by atoms with Gasteiger partial charge in [-0.3, -0.25) is 0 Å².